The maximum absolute atomic E-state index is 15.2. The molecule has 1 aliphatic heterocycles. The molecular weight excluding hydrogens is 507 g/mol. The van der Waals surface area contributed by atoms with Gasteiger partial charge < -0.3 is 19.5 Å². The quantitative estimate of drug-likeness (QED) is 0.499. The molecule has 2 N–H and O–H groups in total. The number of carboxylic acid groups (broad SMARTS) is 1. The van der Waals surface area contributed by atoms with Gasteiger partial charge in [0.05, 0.1) is 11.2 Å². The van der Waals surface area contributed by atoms with Crippen LogP contribution in [0.1, 0.15) is 39.6 Å². The number of aromatic carboxylic acids is 1. The van der Waals surface area contributed by atoms with Gasteiger partial charge in [0, 0.05) is 54.4 Å². The van der Waals surface area contributed by atoms with E-state index in [4.69, 9.17) is 23.8 Å². The van der Waals surface area contributed by atoms with Gasteiger partial charge in [-0.05, 0) is 61.5 Å². The highest BCUT2D eigenvalue weighted by atomic mass is 35.5. The van der Waals surface area contributed by atoms with E-state index in [1.165, 1.54) is 6.20 Å². The fraction of sp³-hybridized carbons (Fsp3) is 0.280. The van der Waals surface area contributed by atoms with Gasteiger partial charge in [0.1, 0.15) is 11.4 Å². The highest BCUT2D eigenvalue weighted by Crippen LogP contribution is 2.38. The van der Waals surface area contributed by atoms with Crippen LogP contribution in [0.25, 0.3) is 10.9 Å². The van der Waals surface area contributed by atoms with Gasteiger partial charge in [-0.2, -0.15) is 0 Å². The first-order chi connectivity index (χ1) is 17.2. The van der Waals surface area contributed by atoms with Crippen LogP contribution in [0.15, 0.2) is 47.4 Å². The second-order valence-corrected chi connectivity index (χ2v) is 9.70. The van der Waals surface area contributed by atoms with Crippen molar-refractivity contribution in [1.29, 1.82) is 0 Å². The van der Waals surface area contributed by atoms with Gasteiger partial charge in [0.25, 0.3) is 5.91 Å². The van der Waals surface area contributed by atoms with Crippen LogP contribution in [0.4, 0.5) is 10.1 Å². The van der Waals surface area contributed by atoms with Crippen molar-refractivity contribution in [2.75, 3.05) is 31.1 Å². The lowest BCUT2D eigenvalue weighted by molar-refractivity contribution is 0.0694. The molecule has 3 aromatic rings. The van der Waals surface area contributed by atoms with Crippen molar-refractivity contribution in [2.45, 2.75) is 18.9 Å². The third-order valence-electron chi connectivity index (χ3n) is 6.51. The SMILES string of the molecule is O=C(NC(=S)N1CCN(c2cc3c(cc2F)c(=O)c(C(=O)O)cn3C2CC2)CC1)c1ccc(Cl)cc1. The molecular formula is C25H22ClFN4O4S. The first-order valence-electron chi connectivity index (χ1n) is 11.5. The number of benzene rings is 2. The van der Waals surface area contributed by atoms with Crippen LogP contribution < -0.4 is 15.6 Å². The lowest BCUT2D eigenvalue weighted by Crippen LogP contribution is -2.52. The minimum atomic E-state index is -1.32. The van der Waals surface area contributed by atoms with Gasteiger partial charge in [-0.25, -0.2) is 9.18 Å². The molecule has 2 aromatic carbocycles. The van der Waals surface area contributed by atoms with Crippen LogP contribution in [0, 0.1) is 5.82 Å². The number of nitrogens with one attached hydrogen (secondary N) is 1. The predicted molar refractivity (Wildman–Crippen MR) is 139 cm³/mol. The van der Waals surface area contributed by atoms with Gasteiger partial charge in [0.15, 0.2) is 5.11 Å². The number of hydrogen-bond acceptors (Lipinski definition) is 5. The zero-order valence-corrected chi connectivity index (χ0v) is 20.6. The molecule has 0 unspecified atom stereocenters. The number of carbonyl (C=O) groups is 2. The van der Waals surface area contributed by atoms with Crippen LogP contribution >= 0.6 is 23.8 Å². The number of pyridine rings is 1. The number of carbonyl (C=O) groups excluding carboxylic acids is 1. The largest absolute Gasteiger partial charge is 0.477 e. The Morgan fingerprint density at radius 3 is 2.36 bits per heavy atom. The van der Waals surface area contributed by atoms with Crippen molar-refractivity contribution in [2.24, 2.45) is 0 Å². The number of fused-ring (bicyclic) bond motifs is 1. The van der Waals surface area contributed by atoms with E-state index in [2.05, 4.69) is 5.32 Å². The number of anilines is 1. The molecule has 0 spiro atoms. The summed E-state index contributed by atoms with van der Waals surface area (Å²) in [6, 6.07) is 9.35. The highest BCUT2D eigenvalue weighted by Gasteiger charge is 2.29. The van der Waals surface area contributed by atoms with E-state index in [1.54, 1.807) is 34.9 Å². The summed E-state index contributed by atoms with van der Waals surface area (Å²) in [5.74, 6) is -2.24. The number of amides is 1. The molecule has 1 saturated carbocycles. The molecule has 2 heterocycles. The number of piperazine rings is 1. The van der Waals surface area contributed by atoms with Gasteiger partial charge >= 0.3 is 5.97 Å². The maximum Gasteiger partial charge on any atom is 0.341 e. The Kier molecular flexibility index (Phi) is 6.40. The molecule has 11 heteroatoms. The van der Waals surface area contributed by atoms with E-state index in [-0.39, 0.29) is 28.0 Å². The molecule has 186 valence electrons. The lowest BCUT2D eigenvalue weighted by atomic mass is 10.1. The molecule has 0 radical (unpaired) electrons. The summed E-state index contributed by atoms with van der Waals surface area (Å²) < 4.78 is 16.9. The molecule has 2 aliphatic rings. The zero-order chi connectivity index (χ0) is 25.6. The van der Waals surface area contributed by atoms with Crippen molar-refractivity contribution in [3.8, 4) is 0 Å². The maximum atomic E-state index is 15.2. The molecule has 8 nitrogen and oxygen atoms in total. The van der Waals surface area contributed by atoms with Crippen LogP contribution in [-0.2, 0) is 0 Å². The fourth-order valence-electron chi connectivity index (χ4n) is 4.41. The van der Waals surface area contributed by atoms with E-state index < -0.39 is 17.2 Å². The average Bonchev–Trinajstić information content (AvgIpc) is 3.70. The Labute approximate surface area is 215 Å². The summed E-state index contributed by atoms with van der Waals surface area (Å²) in [7, 11) is 0. The van der Waals surface area contributed by atoms with Gasteiger partial charge in [-0.1, -0.05) is 11.6 Å². The summed E-state index contributed by atoms with van der Waals surface area (Å²) in [6.07, 6.45) is 3.12. The zero-order valence-electron chi connectivity index (χ0n) is 19.0. The Bertz CT molecular complexity index is 1450. The third-order valence-corrected chi connectivity index (χ3v) is 7.12. The summed E-state index contributed by atoms with van der Waals surface area (Å²) in [5, 5.41) is 13.0. The number of nitrogens with zero attached hydrogens (tertiary/aromatic N) is 3. The summed E-state index contributed by atoms with van der Waals surface area (Å²) in [4.78, 5) is 40.4. The van der Waals surface area contributed by atoms with Crippen molar-refractivity contribution in [1.82, 2.24) is 14.8 Å². The molecule has 0 bridgehead atoms. The van der Waals surface area contributed by atoms with E-state index >= 15 is 4.39 Å². The van der Waals surface area contributed by atoms with Crippen molar-refractivity contribution in [3.63, 3.8) is 0 Å². The minimum Gasteiger partial charge on any atom is -0.477 e. The molecule has 5 rings (SSSR count). The molecule has 2 fully saturated rings. The third kappa shape index (κ3) is 4.66. The number of hydrogen-bond donors (Lipinski definition) is 2. The van der Waals surface area contributed by atoms with Crippen molar-refractivity contribution >= 4 is 57.4 Å². The van der Waals surface area contributed by atoms with Crippen LogP contribution in [-0.4, -0.2) is 57.7 Å². The minimum absolute atomic E-state index is 0.0628. The summed E-state index contributed by atoms with van der Waals surface area (Å²) in [6.45, 7) is 1.82. The monoisotopic (exact) mass is 528 g/mol. The Balaban J connectivity index is 1.33. The standard InChI is InChI=1S/C25H22ClFN4O4S/c26-15-3-1-14(2-4-15)23(33)28-25(36)30-9-7-29(8-10-30)21-12-20-17(11-19(21)27)22(32)18(24(34)35)13-31(20)16-5-6-16/h1-4,11-13,16H,5-10H2,(H,34,35)(H,28,33,36). The number of thiocarbonyl (C=S) groups is 1. The highest BCUT2D eigenvalue weighted by molar-refractivity contribution is 7.80. The second-order valence-electron chi connectivity index (χ2n) is 8.88. The first kappa shape index (κ1) is 24.2. The van der Waals surface area contributed by atoms with E-state index in [0.717, 1.165) is 18.9 Å². The number of rotatable bonds is 4. The average molecular weight is 529 g/mol. The number of halogens is 2. The Morgan fingerprint density at radius 2 is 1.75 bits per heavy atom. The van der Waals surface area contributed by atoms with Crippen molar-refractivity contribution in [3.05, 3.63) is 74.8 Å². The first-order valence-corrected chi connectivity index (χ1v) is 12.2. The molecule has 0 atom stereocenters. The normalized spacial score (nSPS) is 15.7. The second kappa shape index (κ2) is 9.51. The topological polar surface area (TPSA) is 94.9 Å². The van der Waals surface area contributed by atoms with Gasteiger partial charge in [-0.15, -0.1) is 0 Å². The summed E-state index contributed by atoms with van der Waals surface area (Å²) in [5.41, 5.74) is 0.259. The van der Waals surface area contributed by atoms with Crippen molar-refractivity contribution < 1.29 is 19.1 Å². The Morgan fingerprint density at radius 1 is 1.08 bits per heavy atom. The smallest absolute Gasteiger partial charge is 0.341 e. The molecule has 1 amide bonds. The van der Waals surface area contributed by atoms with Crippen LogP contribution in [0.2, 0.25) is 5.02 Å². The molecule has 36 heavy (non-hydrogen) atoms. The van der Waals surface area contributed by atoms with Crippen LogP contribution in [0.3, 0.4) is 0 Å². The number of aromatic nitrogens is 1. The van der Waals surface area contributed by atoms with Crippen LogP contribution in [0.5, 0.6) is 0 Å². The summed E-state index contributed by atoms with van der Waals surface area (Å²) >= 11 is 11.3. The number of carboxylic acids is 1. The predicted octanol–water partition coefficient (Wildman–Crippen LogP) is 3.66. The van der Waals surface area contributed by atoms with E-state index in [1.807, 2.05) is 9.80 Å². The Hall–Kier alpha value is -3.50. The fourth-order valence-corrected chi connectivity index (χ4v) is 4.81. The van der Waals surface area contributed by atoms with E-state index in [0.29, 0.717) is 48.0 Å². The van der Waals surface area contributed by atoms with Gasteiger partial charge in [-0.3, -0.25) is 14.9 Å². The molecule has 1 aromatic heterocycles. The molecule has 1 aliphatic carbocycles. The lowest BCUT2D eigenvalue weighted by Gasteiger charge is -2.37. The van der Waals surface area contributed by atoms with E-state index in [9.17, 15) is 19.5 Å². The van der Waals surface area contributed by atoms with Gasteiger partial charge in [0.2, 0.25) is 5.43 Å². The molecule has 1 saturated heterocycles.